The van der Waals surface area contributed by atoms with Gasteiger partial charge in [-0.2, -0.15) is 0 Å². The standard InChI is InChI=1S/C12H19N3O5S/c1-2-5-13-9(16)8-15-10(17)12(14-11(15)18)3-6-21(19,20)7-4-12/h2-8H2,1H3,(H,13,16)(H,14,18). The minimum absolute atomic E-state index is 0.0625. The number of nitrogens with zero attached hydrogens (tertiary/aromatic N) is 1. The maximum Gasteiger partial charge on any atom is 0.325 e. The zero-order valence-corrected chi connectivity index (χ0v) is 12.7. The molecule has 0 unspecified atom stereocenters. The van der Waals surface area contributed by atoms with Crippen LogP contribution in [0.2, 0.25) is 0 Å². The first-order chi connectivity index (χ1) is 9.80. The molecular formula is C12H19N3O5S. The highest BCUT2D eigenvalue weighted by Crippen LogP contribution is 2.30. The monoisotopic (exact) mass is 317 g/mol. The average molecular weight is 317 g/mol. The van der Waals surface area contributed by atoms with Gasteiger partial charge in [0.15, 0.2) is 9.84 Å². The molecule has 8 nitrogen and oxygen atoms in total. The van der Waals surface area contributed by atoms with Crippen molar-refractivity contribution in [2.75, 3.05) is 24.6 Å². The maximum atomic E-state index is 12.4. The third kappa shape index (κ3) is 3.17. The molecule has 4 amide bonds. The topological polar surface area (TPSA) is 113 Å². The van der Waals surface area contributed by atoms with E-state index in [9.17, 15) is 22.8 Å². The van der Waals surface area contributed by atoms with Gasteiger partial charge in [0.05, 0.1) is 11.5 Å². The van der Waals surface area contributed by atoms with Crippen molar-refractivity contribution >= 4 is 27.7 Å². The van der Waals surface area contributed by atoms with Gasteiger partial charge in [-0.1, -0.05) is 6.92 Å². The highest BCUT2D eigenvalue weighted by atomic mass is 32.2. The lowest BCUT2D eigenvalue weighted by atomic mass is 9.92. The number of carbonyl (C=O) groups excluding carboxylic acids is 3. The Balaban J connectivity index is 2.05. The molecule has 0 aliphatic carbocycles. The molecule has 2 aliphatic rings. The van der Waals surface area contributed by atoms with Crippen molar-refractivity contribution in [3.8, 4) is 0 Å². The third-order valence-corrected chi connectivity index (χ3v) is 5.45. The van der Waals surface area contributed by atoms with E-state index in [1.165, 1.54) is 0 Å². The van der Waals surface area contributed by atoms with Crippen LogP contribution >= 0.6 is 0 Å². The first-order valence-electron chi connectivity index (χ1n) is 6.91. The molecule has 9 heteroatoms. The summed E-state index contributed by atoms with van der Waals surface area (Å²) in [5.74, 6) is -1.17. The summed E-state index contributed by atoms with van der Waals surface area (Å²) in [7, 11) is -3.14. The van der Waals surface area contributed by atoms with E-state index in [1.54, 1.807) is 0 Å². The molecular weight excluding hydrogens is 298 g/mol. The minimum Gasteiger partial charge on any atom is -0.355 e. The molecule has 0 radical (unpaired) electrons. The number of hydrogen-bond acceptors (Lipinski definition) is 5. The number of hydrogen-bond donors (Lipinski definition) is 2. The molecule has 0 aromatic rings. The smallest absolute Gasteiger partial charge is 0.325 e. The van der Waals surface area contributed by atoms with E-state index in [1.807, 2.05) is 6.92 Å². The van der Waals surface area contributed by atoms with Crippen LogP contribution in [0.3, 0.4) is 0 Å². The number of sulfone groups is 1. The zero-order chi connectivity index (χ0) is 15.7. The molecule has 2 aliphatic heterocycles. The van der Waals surface area contributed by atoms with Gasteiger partial charge in [-0.25, -0.2) is 13.2 Å². The van der Waals surface area contributed by atoms with Crippen molar-refractivity contribution in [3.05, 3.63) is 0 Å². The van der Waals surface area contributed by atoms with Gasteiger partial charge in [0, 0.05) is 6.54 Å². The predicted octanol–water partition coefficient (Wildman–Crippen LogP) is -0.988. The van der Waals surface area contributed by atoms with Crippen molar-refractivity contribution in [3.63, 3.8) is 0 Å². The van der Waals surface area contributed by atoms with Gasteiger partial charge >= 0.3 is 6.03 Å². The molecule has 0 aromatic heterocycles. The van der Waals surface area contributed by atoms with E-state index in [2.05, 4.69) is 10.6 Å². The molecule has 2 fully saturated rings. The number of rotatable bonds is 4. The second-order valence-electron chi connectivity index (χ2n) is 5.41. The Morgan fingerprint density at radius 2 is 1.95 bits per heavy atom. The molecule has 0 bridgehead atoms. The summed E-state index contributed by atoms with van der Waals surface area (Å²) in [6.07, 6.45) is 0.883. The van der Waals surface area contributed by atoms with Gasteiger partial charge in [0.25, 0.3) is 5.91 Å². The molecule has 2 heterocycles. The summed E-state index contributed by atoms with van der Waals surface area (Å²) < 4.78 is 22.9. The summed E-state index contributed by atoms with van der Waals surface area (Å²) in [6.45, 7) is 2.04. The first kappa shape index (κ1) is 15.7. The second kappa shape index (κ2) is 5.63. The lowest BCUT2D eigenvalue weighted by Gasteiger charge is -2.30. The molecule has 0 atom stereocenters. The summed E-state index contributed by atoms with van der Waals surface area (Å²) in [5, 5.41) is 5.16. The molecule has 21 heavy (non-hydrogen) atoms. The number of nitrogens with one attached hydrogen (secondary N) is 2. The van der Waals surface area contributed by atoms with Crippen molar-refractivity contribution in [2.24, 2.45) is 0 Å². The van der Waals surface area contributed by atoms with Crippen LogP contribution in [0, 0.1) is 0 Å². The molecule has 2 rings (SSSR count). The van der Waals surface area contributed by atoms with Crippen LogP contribution in [0.25, 0.3) is 0 Å². The molecule has 118 valence electrons. The number of imide groups is 1. The van der Waals surface area contributed by atoms with Crippen LogP contribution in [0.1, 0.15) is 26.2 Å². The van der Waals surface area contributed by atoms with E-state index in [-0.39, 0.29) is 30.9 Å². The fourth-order valence-corrected chi connectivity index (χ4v) is 4.03. The van der Waals surface area contributed by atoms with Crippen LogP contribution in [-0.4, -0.2) is 61.3 Å². The van der Waals surface area contributed by atoms with Crippen LogP contribution < -0.4 is 10.6 Å². The Labute approximate surface area is 123 Å². The number of urea groups is 1. The van der Waals surface area contributed by atoms with Crippen molar-refractivity contribution in [1.29, 1.82) is 0 Å². The first-order valence-corrected chi connectivity index (χ1v) is 8.73. The predicted molar refractivity (Wildman–Crippen MR) is 74.2 cm³/mol. The van der Waals surface area contributed by atoms with E-state index in [4.69, 9.17) is 0 Å². The average Bonchev–Trinajstić information content (AvgIpc) is 2.65. The summed E-state index contributed by atoms with van der Waals surface area (Å²) in [6, 6.07) is -0.633. The van der Waals surface area contributed by atoms with Gasteiger partial charge in [0.1, 0.15) is 12.1 Å². The molecule has 2 N–H and O–H groups in total. The van der Waals surface area contributed by atoms with E-state index < -0.39 is 33.2 Å². The molecule has 2 saturated heterocycles. The Hall–Kier alpha value is -1.64. The Bertz CT molecular complexity index is 557. The molecule has 1 spiro atoms. The van der Waals surface area contributed by atoms with Gasteiger partial charge in [-0.05, 0) is 19.3 Å². The lowest BCUT2D eigenvalue weighted by Crippen LogP contribution is -2.52. The fraction of sp³-hybridized carbons (Fsp3) is 0.750. The molecule has 0 saturated carbocycles. The van der Waals surface area contributed by atoms with E-state index >= 15 is 0 Å². The fourth-order valence-electron chi connectivity index (χ4n) is 2.51. The Kier molecular flexibility index (Phi) is 4.22. The van der Waals surface area contributed by atoms with Crippen LogP contribution in [0.5, 0.6) is 0 Å². The SMILES string of the molecule is CCCNC(=O)CN1C(=O)NC2(CCS(=O)(=O)CC2)C1=O. The quantitative estimate of drug-likeness (QED) is 0.647. The second-order valence-corrected chi connectivity index (χ2v) is 7.71. The van der Waals surface area contributed by atoms with Gasteiger partial charge < -0.3 is 10.6 Å². The summed E-state index contributed by atoms with van der Waals surface area (Å²) in [4.78, 5) is 36.8. The summed E-state index contributed by atoms with van der Waals surface area (Å²) in [5.41, 5.74) is -1.16. The normalized spacial score (nSPS) is 23.2. The van der Waals surface area contributed by atoms with Crippen LogP contribution in [0.4, 0.5) is 4.79 Å². The number of carbonyl (C=O) groups is 3. The van der Waals surface area contributed by atoms with Crippen LogP contribution in [-0.2, 0) is 19.4 Å². The van der Waals surface area contributed by atoms with Crippen molar-refractivity contribution < 1.29 is 22.8 Å². The van der Waals surface area contributed by atoms with E-state index in [0.29, 0.717) is 6.54 Å². The highest BCUT2D eigenvalue weighted by Gasteiger charge is 2.53. The molecule has 0 aromatic carbocycles. The minimum atomic E-state index is -3.14. The Morgan fingerprint density at radius 3 is 2.52 bits per heavy atom. The van der Waals surface area contributed by atoms with E-state index in [0.717, 1.165) is 11.3 Å². The van der Waals surface area contributed by atoms with Crippen LogP contribution in [0.15, 0.2) is 0 Å². The Morgan fingerprint density at radius 1 is 1.33 bits per heavy atom. The largest absolute Gasteiger partial charge is 0.355 e. The zero-order valence-electron chi connectivity index (χ0n) is 11.8. The highest BCUT2D eigenvalue weighted by molar-refractivity contribution is 7.91. The lowest BCUT2D eigenvalue weighted by molar-refractivity contribution is -0.135. The van der Waals surface area contributed by atoms with Gasteiger partial charge in [0.2, 0.25) is 5.91 Å². The van der Waals surface area contributed by atoms with Crippen molar-refractivity contribution in [1.82, 2.24) is 15.5 Å². The van der Waals surface area contributed by atoms with Crippen molar-refractivity contribution in [2.45, 2.75) is 31.7 Å². The van der Waals surface area contributed by atoms with Gasteiger partial charge in [-0.15, -0.1) is 0 Å². The third-order valence-electron chi connectivity index (χ3n) is 3.80. The maximum absolute atomic E-state index is 12.4. The summed E-state index contributed by atoms with van der Waals surface area (Å²) >= 11 is 0. The number of amides is 4. The van der Waals surface area contributed by atoms with Gasteiger partial charge in [-0.3, -0.25) is 14.5 Å².